The molecule has 0 aliphatic heterocycles. The number of nitrogens with zero attached hydrogens (tertiary/aromatic N) is 3. The molecule has 8 nitrogen and oxygen atoms in total. The Balaban J connectivity index is 2.41. The molecule has 26 heavy (non-hydrogen) atoms. The fraction of sp³-hybridized carbons (Fsp3) is 0.333. The molecule has 2 aromatic rings. The van der Waals surface area contributed by atoms with E-state index in [9.17, 15) is 28.1 Å². The lowest BCUT2D eigenvalue weighted by Crippen LogP contribution is -2.27. The molecular formula is C15H15F3N4O4. The van der Waals surface area contributed by atoms with E-state index in [0.717, 1.165) is 16.8 Å². The number of benzene rings is 1. The minimum atomic E-state index is -4.74. The Morgan fingerprint density at radius 2 is 1.81 bits per heavy atom. The van der Waals surface area contributed by atoms with Crippen molar-refractivity contribution in [2.75, 3.05) is 5.32 Å². The number of non-ortho nitro benzene ring substituents is 1. The molecule has 1 aromatic carbocycles. The van der Waals surface area contributed by atoms with Gasteiger partial charge in [-0.05, 0) is 32.9 Å². The van der Waals surface area contributed by atoms with Crippen LogP contribution in [0.15, 0.2) is 30.3 Å². The summed E-state index contributed by atoms with van der Waals surface area (Å²) in [6, 6.07) is 5.30. The van der Waals surface area contributed by atoms with Crippen molar-refractivity contribution in [1.29, 1.82) is 0 Å². The van der Waals surface area contributed by atoms with Crippen LogP contribution in [-0.4, -0.2) is 26.4 Å². The fourth-order valence-corrected chi connectivity index (χ4v) is 1.93. The molecule has 0 saturated carbocycles. The van der Waals surface area contributed by atoms with Crippen molar-refractivity contribution in [3.8, 4) is 5.69 Å². The van der Waals surface area contributed by atoms with Gasteiger partial charge in [-0.25, -0.2) is 9.48 Å². The van der Waals surface area contributed by atoms with Crippen molar-refractivity contribution < 1.29 is 27.6 Å². The Hall–Kier alpha value is -3.11. The summed E-state index contributed by atoms with van der Waals surface area (Å²) in [6.45, 7) is 4.80. The van der Waals surface area contributed by atoms with Crippen LogP contribution in [0.25, 0.3) is 5.69 Å². The van der Waals surface area contributed by atoms with E-state index < -0.39 is 28.5 Å². The predicted octanol–water partition coefficient (Wildman–Crippen LogP) is 4.15. The summed E-state index contributed by atoms with van der Waals surface area (Å²) in [5.41, 5.74) is -2.23. The van der Waals surface area contributed by atoms with Crippen LogP contribution in [0.3, 0.4) is 0 Å². The van der Waals surface area contributed by atoms with E-state index in [4.69, 9.17) is 4.74 Å². The van der Waals surface area contributed by atoms with E-state index in [-0.39, 0.29) is 17.2 Å². The molecule has 0 spiro atoms. The second kappa shape index (κ2) is 6.65. The number of nitrogens with one attached hydrogen (secondary N) is 1. The second-order valence-corrected chi connectivity index (χ2v) is 6.22. The molecule has 11 heteroatoms. The van der Waals surface area contributed by atoms with Crippen molar-refractivity contribution in [1.82, 2.24) is 9.78 Å². The normalized spacial score (nSPS) is 11.9. The summed E-state index contributed by atoms with van der Waals surface area (Å²) in [6.07, 6.45) is -5.70. The first-order valence-electron chi connectivity index (χ1n) is 7.29. The van der Waals surface area contributed by atoms with Crippen molar-refractivity contribution in [3.05, 3.63) is 46.1 Å². The van der Waals surface area contributed by atoms with Crippen LogP contribution < -0.4 is 5.32 Å². The molecule has 0 fully saturated rings. The van der Waals surface area contributed by atoms with Gasteiger partial charge < -0.3 is 4.74 Å². The number of alkyl halides is 3. The minimum Gasteiger partial charge on any atom is -0.444 e. The molecule has 1 N–H and O–H groups in total. The third-order valence-corrected chi connectivity index (χ3v) is 2.93. The lowest BCUT2D eigenvalue weighted by molar-refractivity contribution is -0.384. The molecule has 0 saturated heterocycles. The summed E-state index contributed by atoms with van der Waals surface area (Å²) >= 11 is 0. The number of carbonyl (C=O) groups is 1. The van der Waals surface area contributed by atoms with Crippen molar-refractivity contribution in [2.24, 2.45) is 0 Å². The van der Waals surface area contributed by atoms with Crippen molar-refractivity contribution in [2.45, 2.75) is 32.5 Å². The molecule has 1 heterocycles. The van der Waals surface area contributed by atoms with Gasteiger partial charge in [0.1, 0.15) is 11.4 Å². The summed E-state index contributed by atoms with van der Waals surface area (Å²) in [5.74, 6) is -0.291. The van der Waals surface area contributed by atoms with Crippen LogP contribution in [-0.2, 0) is 10.9 Å². The quantitative estimate of drug-likeness (QED) is 0.645. The maximum absolute atomic E-state index is 13.0. The Labute approximate surface area is 145 Å². The highest BCUT2D eigenvalue weighted by Crippen LogP contribution is 2.31. The number of anilines is 1. The van der Waals surface area contributed by atoms with Gasteiger partial charge in [0, 0.05) is 18.2 Å². The highest BCUT2D eigenvalue weighted by molar-refractivity contribution is 5.84. The Morgan fingerprint density at radius 3 is 2.27 bits per heavy atom. The van der Waals surface area contributed by atoms with Crippen LogP contribution in [0.2, 0.25) is 0 Å². The zero-order chi connectivity index (χ0) is 19.7. The number of carbonyl (C=O) groups excluding carboxylic acids is 1. The number of nitro benzene ring substituents is 1. The number of rotatable bonds is 3. The predicted molar refractivity (Wildman–Crippen MR) is 85.1 cm³/mol. The van der Waals surface area contributed by atoms with Crippen LogP contribution in [0.1, 0.15) is 26.5 Å². The zero-order valence-corrected chi connectivity index (χ0v) is 14.0. The Bertz CT molecular complexity index is 823. The van der Waals surface area contributed by atoms with E-state index in [2.05, 4.69) is 10.4 Å². The monoisotopic (exact) mass is 372 g/mol. The molecule has 0 aliphatic rings. The molecule has 0 atom stereocenters. The largest absolute Gasteiger partial charge is 0.444 e. The second-order valence-electron chi connectivity index (χ2n) is 6.22. The SMILES string of the molecule is CC(C)(C)OC(=O)Nc1cc(C(F)(F)F)nn1-c1ccc([N+](=O)[O-])cc1. The summed E-state index contributed by atoms with van der Waals surface area (Å²) in [5, 5.41) is 16.3. The molecule has 1 amide bonds. The van der Waals surface area contributed by atoms with Gasteiger partial charge in [0.2, 0.25) is 0 Å². The summed E-state index contributed by atoms with van der Waals surface area (Å²) in [4.78, 5) is 21.9. The maximum Gasteiger partial charge on any atom is 0.435 e. The maximum atomic E-state index is 13.0. The van der Waals surface area contributed by atoms with Gasteiger partial charge in [0.05, 0.1) is 10.6 Å². The van der Waals surface area contributed by atoms with Crippen molar-refractivity contribution >= 4 is 17.6 Å². The molecule has 0 bridgehead atoms. The number of halogens is 3. The molecule has 0 unspecified atom stereocenters. The highest BCUT2D eigenvalue weighted by atomic mass is 19.4. The van der Waals surface area contributed by atoms with Gasteiger partial charge in [-0.2, -0.15) is 18.3 Å². The van der Waals surface area contributed by atoms with Gasteiger partial charge in [0.15, 0.2) is 5.69 Å². The third-order valence-electron chi connectivity index (χ3n) is 2.93. The lowest BCUT2D eigenvalue weighted by Gasteiger charge is -2.19. The van der Waals surface area contributed by atoms with E-state index in [1.807, 2.05) is 0 Å². The molecule has 140 valence electrons. The molecular weight excluding hydrogens is 357 g/mol. The van der Waals surface area contributed by atoms with E-state index >= 15 is 0 Å². The van der Waals surface area contributed by atoms with Crippen LogP contribution in [0.5, 0.6) is 0 Å². The lowest BCUT2D eigenvalue weighted by atomic mass is 10.2. The Morgan fingerprint density at radius 1 is 1.23 bits per heavy atom. The number of hydrogen-bond donors (Lipinski definition) is 1. The molecule has 1 aromatic heterocycles. The molecule has 0 radical (unpaired) electrons. The van der Waals surface area contributed by atoms with Gasteiger partial charge >= 0.3 is 12.3 Å². The smallest absolute Gasteiger partial charge is 0.435 e. The minimum absolute atomic E-state index is 0.0946. The number of ether oxygens (including phenoxy) is 1. The van der Waals surface area contributed by atoms with E-state index in [1.165, 1.54) is 12.1 Å². The fourth-order valence-electron chi connectivity index (χ4n) is 1.93. The van der Waals surface area contributed by atoms with Crippen LogP contribution >= 0.6 is 0 Å². The first-order chi connectivity index (χ1) is 11.9. The topological polar surface area (TPSA) is 99.3 Å². The average Bonchev–Trinajstić information content (AvgIpc) is 2.89. The summed E-state index contributed by atoms with van der Waals surface area (Å²) in [7, 11) is 0. The number of aromatic nitrogens is 2. The Kier molecular flexibility index (Phi) is 4.92. The molecule has 0 aliphatic carbocycles. The highest BCUT2D eigenvalue weighted by Gasteiger charge is 2.35. The first kappa shape index (κ1) is 19.2. The van der Waals surface area contributed by atoms with Crippen LogP contribution in [0, 0.1) is 10.1 Å². The van der Waals surface area contributed by atoms with Gasteiger partial charge in [-0.3, -0.25) is 15.4 Å². The number of hydrogen-bond acceptors (Lipinski definition) is 5. The number of nitro groups is 1. The first-order valence-corrected chi connectivity index (χ1v) is 7.29. The van der Waals surface area contributed by atoms with Gasteiger partial charge in [-0.1, -0.05) is 0 Å². The zero-order valence-electron chi connectivity index (χ0n) is 14.0. The van der Waals surface area contributed by atoms with Gasteiger partial charge in [-0.15, -0.1) is 0 Å². The van der Waals surface area contributed by atoms with Gasteiger partial charge in [0.25, 0.3) is 5.69 Å². The standard InChI is InChI=1S/C15H15F3N4O4/c1-14(2,3)26-13(23)19-12-8-11(15(16,17)18)20-21(12)9-4-6-10(7-5-9)22(24)25/h4-8H,1-3H3,(H,19,23). The summed E-state index contributed by atoms with van der Waals surface area (Å²) < 4.78 is 44.7. The third kappa shape index (κ3) is 4.71. The molecule has 2 rings (SSSR count). The van der Waals surface area contributed by atoms with E-state index in [1.54, 1.807) is 20.8 Å². The van der Waals surface area contributed by atoms with Crippen LogP contribution in [0.4, 0.5) is 29.5 Å². The van der Waals surface area contributed by atoms with E-state index in [0.29, 0.717) is 6.07 Å². The number of amides is 1. The van der Waals surface area contributed by atoms with Crippen molar-refractivity contribution in [3.63, 3.8) is 0 Å². The average molecular weight is 372 g/mol.